The van der Waals surface area contributed by atoms with E-state index in [-0.39, 0.29) is 5.91 Å². The lowest BCUT2D eigenvalue weighted by atomic mass is 10.0. The highest BCUT2D eigenvalue weighted by atomic mass is 32.1. The molecule has 0 bridgehead atoms. The zero-order valence-corrected chi connectivity index (χ0v) is 18.8. The molecule has 8 nitrogen and oxygen atoms in total. The minimum Gasteiger partial charge on any atom is -0.337 e. The van der Waals surface area contributed by atoms with E-state index in [2.05, 4.69) is 25.9 Å². The standard InChI is InChI=1S/C21H23N7OS2/c1-28-12-25-9-13(28)8-22-7-4-18(29)27-21-19(14-2-5-24-11-17(14)31-21)20-26-15-10-23-6-3-16(15)30-20/h3,6,9-10,12,22,24H,2,4-5,7-8,11H2,1H3,(H,27,29). The molecule has 10 heteroatoms. The van der Waals surface area contributed by atoms with Crippen LogP contribution in [0.3, 0.4) is 0 Å². The molecule has 4 aromatic rings. The molecule has 0 spiro atoms. The van der Waals surface area contributed by atoms with Gasteiger partial charge in [0.15, 0.2) is 0 Å². The Kier molecular flexibility index (Phi) is 5.77. The number of thiophene rings is 1. The number of anilines is 1. The number of nitrogens with one attached hydrogen (secondary N) is 3. The van der Waals surface area contributed by atoms with Gasteiger partial charge in [-0.2, -0.15) is 0 Å². The summed E-state index contributed by atoms with van der Waals surface area (Å²) in [7, 11) is 1.96. The lowest BCUT2D eigenvalue weighted by Crippen LogP contribution is -2.22. The molecule has 0 fully saturated rings. The first-order valence-electron chi connectivity index (χ1n) is 10.2. The second kappa shape index (κ2) is 8.83. The minimum absolute atomic E-state index is 0.00749. The summed E-state index contributed by atoms with van der Waals surface area (Å²) in [5, 5.41) is 11.8. The first-order chi connectivity index (χ1) is 15.2. The maximum atomic E-state index is 12.7. The third-order valence-electron chi connectivity index (χ3n) is 5.34. The maximum Gasteiger partial charge on any atom is 0.226 e. The molecule has 0 atom stereocenters. The molecule has 31 heavy (non-hydrogen) atoms. The van der Waals surface area contributed by atoms with Crippen LogP contribution >= 0.6 is 22.7 Å². The van der Waals surface area contributed by atoms with Crippen molar-refractivity contribution in [3.05, 3.63) is 47.1 Å². The molecule has 0 saturated heterocycles. The van der Waals surface area contributed by atoms with Gasteiger partial charge in [0.25, 0.3) is 0 Å². The van der Waals surface area contributed by atoms with E-state index < -0.39 is 0 Å². The number of carbonyl (C=O) groups is 1. The summed E-state index contributed by atoms with van der Waals surface area (Å²) in [5.41, 5.74) is 4.37. The van der Waals surface area contributed by atoms with Crippen LogP contribution in [0.5, 0.6) is 0 Å². The molecule has 5 heterocycles. The smallest absolute Gasteiger partial charge is 0.226 e. The number of pyridine rings is 1. The summed E-state index contributed by atoms with van der Waals surface area (Å²) in [5.74, 6) is 0.00749. The van der Waals surface area contributed by atoms with E-state index in [1.165, 1.54) is 10.4 Å². The van der Waals surface area contributed by atoms with Gasteiger partial charge in [0.1, 0.15) is 15.5 Å². The van der Waals surface area contributed by atoms with Crippen molar-refractivity contribution in [1.29, 1.82) is 0 Å². The van der Waals surface area contributed by atoms with Crippen molar-refractivity contribution in [3.63, 3.8) is 0 Å². The van der Waals surface area contributed by atoms with Crippen LogP contribution in [0, 0.1) is 0 Å². The number of imidazole rings is 1. The maximum absolute atomic E-state index is 12.7. The molecule has 1 amide bonds. The molecule has 0 aliphatic carbocycles. The highest BCUT2D eigenvalue weighted by Gasteiger charge is 2.25. The number of rotatable bonds is 7. The summed E-state index contributed by atoms with van der Waals surface area (Å²) in [4.78, 5) is 27.1. The van der Waals surface area contributed by atoms with E-state index in [4.69, 9.17) is 4.98 Å². The predicted octanol–water partition coefficient (Wildman–Crippen LogP) is 2.92. The van der Waals surface area contributed by atoms with Gasteiger partial charge >= 0.3 is 0 Å². The van der Waals surface area contributed by atoms with Crippen molar-refractivity contribution < 1.29 is 4.79 Å². The number of hydrogen-bond acceptors (Lipinski definition) is 8. The fourth-order valence-electron chi connectivity index (χ4n) is 3.70. The molecule has 0 aromatic carbocycles. The topological polar surface area (TPSA) is 96.8 Å². The Morgan fingerprint density at radius 3 is 3.06 bits per heavy atom. The van der Waals surface area contributed by atoms with Crippen molar-refractivity contribution in [2.24, 2.45) is 7.05 Å². The van der Waals surface area contributed by atoms with Gasteiger partial charge in [-0.25, -0.2) is 9.97 Å². The van der Waals surface area contributed by atoms with E-state index in [9.17, 15) is 4.79 Å². The van der Waals surface area contributed by atoms with E-state index in [0.29, 0.717) is 19.5 Å². The number of aromatic nitrogens is 4. The molecular formula is C21H23N7OS2. The Balaban J connectivity index is 1.32. The number of thiazole rings is 1. The number of fused-ring (bicyclic) bond motifs is 2. The van der Waals surface area contributed by atoms with Crippen LogP contribution in [-0.2, 0) is 31.4 Å². The van der Waals surface area contributed by atoms with E-state index in [1.54, 1.807) is 41.4 Å². The van der Waals surface area contributed by atoms with Crippen molar-refractivity contribution in [1.82, 2.24) is 30.2 Å². The number of nitrogens with zero attached hydrogens (tertiary/aromatic N) is 4. The summed E-state index contributed by atoms with van der Waals surface area (Å²) in [6.45, 7) is 3.07. The second-order valence-electron chi connectivity index (χ2n) is 7.47. The van der Waals surface area contributed by atoms with Crippen LogP contribution in [-0.4, -0.2) is 38.5 Å². The lowest BCUT2D eigenvalue weighted by molar-refractivity contribution is -0.116. The first kappa shape index (κ1) is 20.3. The minimum atomic E-state index is 0.00749. The third kappa shape index (κ3) is 4.24. The van der Waals surface area contributed by atoms with Crippen LogP contribution in [0.4, 0.5) is 5.00 Å². The summed E-state index contributed by atoms with van der Waals surface area (Å²) >= 11 is 3.31. The Bertz CT molecular complexity index is 1190. The van der Waals surface area contributed by atoms with Gasteiger partial charge < -0.3 is 20.5 Å². The SMILES string of the molecule is Cn1cncc1CNCCC(=O)Nc1sc2c(c1-c1nc3cnccc3s1)CCNC2. The number of hydrogen-bond donors (Lipinski definition) is 3. The molecule has 1 aliphatic rings. The van der Waals surface area contributed by atoms with Crippen LogP contribution in [0.25, 0.3) is 20.8 Å². The number of carbonyl (C=O) groups excluding carboxylic acids is 1. The summed E-state index contributed by atoms with van der Waals surface area (Å²) < 4.78 is 3.08. The second-order valence-corrected chi connectivity index (χ2v) is 9.60. The van der Waals surface area contributed by atoms with Gasteiger partial charge in [-0.1, -0.05) is 0 Å². The Hall–Kier alpha value is -2.66. The average Bonchev–Trinajstić information content (AvgIpc) is 3.47. The zero-order chi connectivity index (χ0) is 21.2. The van der Waals surface area contributed by atoms with Crippen LogP contribution in [0.2, 0.25) is 0 Å². The summed E-state index contributed by atoms with van der Waals surface area (Å²) in [6, 6.07) is 1.99. The van der Waals surface area contributed by atoms with Gasteiger partial charge in [-0.15, -0.1) is 22.7 Å². The van der Waals surface area contributed by atoms with Gasteiger partial charge in [-0.05, 0) is 24.6 Å². The molecular weight excluding hydrogens is 430 g/mol. The molecule has 0 unspecified atom stereocenters. The molecule has 0 radical (unpaired) electrons. The number of amides is 1. The van der Waals surface area contributed by atoms with Crippen molar-refractivity contribution >= 4 is 43.8 Å². The number of aryl methyl sites for hydroxylation is 1. The lowest BCUT2D eigenvalue weighted by Gasteiger charge is -2.13. The normalized spacial score (nSPS) is 13.5. The Morgan fingerprint density at radius 1 is 1.29 bits per heavy atom. The monoisotopic (exact) mass is 453 g/mol. The Labute approximate surface area is 187 Å². The molecule has 160 valence electrons. The van der Waals surface area contributed by atoms with Gasteiger partial charge in [0.05, 0.1) is 22.9 Å². The summed E-state index contributed by atoms with van der Waals surface area (Å²) in [6.07, 6.45) is 8.54. The Morgan fingerprint density at radius 2 is 2.23 bits per heavy atom. The average molecular weight is 454 g/mol. The quantitative estimate of drug-likeness (QED) is 0.372. The van der Waals surface area contributed by atoms with Gasteiger partial charge in [-0.3, -0.25) is 9.78 Å². The highest BCUT2D eigenvalue weighted by Crippen LogP contribution is 2.44. The van der Waals surface area contributed by atoms with Crippen LogP contribution in [0.1, 0.15) is 22.6 Å². The largest absolute Gasteiger partial charge is 0.337 e. The fraction of sp³-hybridized carbons (Fsp3) is 0.333. The first-order valence-corrected chi connectivity index (χ1v) is 11.8. The molecule has 0 saturated carbocycles. The highest BCUT2D eigenvalue weighted by molar-refractivity contribution is 7.22. The van der Waals surface area contributed by atoms with Crippen molar-refractivity contribution in [2.45, 2.75) is 25.9 Å². The molecule has 5 rings (SSSR count). The predicted molar refractivity (Wildman–Crippen MR) is 124 cm³/mol. The zero-order valence-electron chi connectivity index (χ0n) is 17.1. The fourth-order valence-corrected chi connectivity index (χ4v) is 6.01. The molecule has 4 aromatic heterocycles. The third-order valence-corrected chi connectivity index (χ3v) is 7.54. The van der Waals surface area contributed by atoms with Gasteiger partial charge in [0, 0.05) is 55.9 Å². The van der Waals surface area contributed by atoms with Crippen LogP contribution < -0.4 is 16.0 Å². The van der Waals surface area contributed by atoms with Crippen molar-refractivity contribution in [3.8, 4) is 10.6 Å². The van der Waals surface area contributed by atoms with E-state index in [0.717, 1.165) is 51.0 Å². The molecule has 3 N–H and O–H groups in total. The van der Waals surface area contributed by atoms with Gasteiger partial charge in [0.2, 0.25) is 5.91 Å². The van der Waals surface area contributed by atoms with E-state index in [1.807, 2.05) is 23.9 Å². The van der Waals surface area contributed by atoms with Crippen LogP contribution in [0.15, 0.2) is 31.0 Å². The van der Waals surface area contributed by atoms with E-state index >= 15 is 0 Å². The molecule has 1 aliphatic heterocycles. The van der Waals surface area contributed by atoms with Crippen molar-refractivity contribution in [2.75, 3.05) is 18.4 Å².